The molecule has 1 atom stereocenters. The van der Waals surface area contributed by atoms with E-state index in [9.17, 15) is 19.7 Å². The van der Waals surface area contributed by atoms with Crippen LogP contribution in [0.2, 0.25) is 0 Å². The lowest BCUT2D eigenvalue weighted by Gasteiger charge is -2.30. The molecule has 0 saturated carbocycles. The molecule has 0 aromatic carbocycles. The molecule has 0 aliphatic carbocycles. The van der Waals surface area contributed by atoms with Gasteiger partial charge in [0.05, 0.1) is 17.5 Å². The quantitative estimate of drug-likeness (QED) is 0.558. The van der Waals surface area contributed by atoms with Gasteiger partial charge < -0.3 is 15.4 Å². The summed E-state index contributed by atoms with van der Waals surface area (Å²) in [6.07, 6.45) is 0.885. The highest BCUT2D eigenvalue weighted by Crippen LogP contribution is 2.22. The molecule has 0 fully saturated rings. The van der Waals surface area contributed by atoms with Crippen molar-refractivity contribution < 1.29 is 19.6 Å². The summed E-state index contributed by atoms with van der Waals surface area (Å²) in [5, 5.41) is 22.0. The van der Waals surface area contributed by atoms with Crippen LogP contribution >= 0.6 is 0 Å². The first-order chi connectivity index (χ1) is 9.11. The second kappa shape index (κ2) is 5.72. The number of aromatic amines is 1. The van der Waals surface area contributed by atoms with Gasteiger partial charge in [-0.25, -0.2) is 0 Å². The molecule has 0 saturated heterocycles. The van der Waals surface area contributed by atoms with Gasteiger partial charge in [-0.1, -0.05) is 20.8 Å². The number of carbonyl (C=O) groups is 2. The molecule has 0 radical (unpaired) electrons. The first-order valence-electron chi connectivity index (χ1n) is 5.96. The van der Waals surface area contributed by atoms with Crippen LogP contribution < -0.4 is 5.32 Å². The maximum Gasteiger partial charge on any atom is 0.305 e. The fourth-order valence-electron chi connectivity index (χ4n) is 1.60. The minimum atomic E-state index is -1.03. The van der Waals surface area contributed by atoms with Crippen LogP contribution in [0.3, 0.4) is 0 Å². The number of aliphatic carboxylic acids is 1. The largest absolute Gasteiger partial charge is 0.481 e. The van der Waals surface area contributed by atoms with Gasteiger partial charge in [-0.3, -0.25) is 19.7 Å². The Bertz CT molecular complexity index is 529. The number of hydrogen-bond donors (Lipinski definition) is 3. The van der Waals surface area contributed by atoms with E-state index in [1.807, 2.05) is 0 Å². The Kier molecular flexibility index (Phi) is 4.49. The zero-order valence-corrected chi connectivity index (χ0v) is 11.5. The molecule has 1 unspecified atom stereocenters. The van der Waals surface area contributed by atoms with E-state index in [4.69, 9.17) is 5.11 Å². The number of nitro groups is 1. The van der Waals surface area contributed by atoms with Crippen molar-refractivity contribution in [3.05, 3.63) is 28.1 Å². The third-order valence-electron chi connectivity index (χ3n) is 2.85. The van der Waals surface area contributed by atoms with Crippen LogP contribution in [0.5, 0.6) is 0 Å². The number of hydrogen-bond acceptors (Lipinski definition) is 4. The van der Waals surface area contributed by atoms with Crippen molar-refractivity contribution in [3.63, 3.8) is 0 Å². The minimum absolute atomic E-state index is 0.0244. The van der Waals surface area contributed by atoms with Gasteiger partial charge >= 0.3 is 5.97 Å². The highest BCUT2D eigenvalue weighted by Gasteiger charge is 2.29. The maximum atomic E-state index is 12.0. The Morgan fingerprint density at radius 1 is 1.50 bits per heavy atom. The van der Waals surface area contributed by atoms with E-state index in [1.54, 1.807) is 20.8 Å². The number of nitrogens with zero attached hydrogens (tertiary/aromatic N) is 1. The summed E-state index contributed by atoms with van der Waals surface area (Å²) in [5.41, 5.74) is -0.649. The van der Waals surface area contributed by atoms with Gasteiger partial charge in [0, 0.05) is 12.1 Å². The first-order valence-corrected chi connectivity index (χ1v) is 5.96. The summed E-state index contributed by atoms with van der Waals surface area (Å²) in [4.78, 5) is 35.2. The molecule has 1 amide bonds. The molecule has 0 spiro atoms. The second-order valence-corrected chi connectivity index (χ2v) is 5.52. The van der Waals surface area contributed by atoms with Gasteiger partial charge in [0.15, 0.2) is 0 Å². The predicted molar refractivity (Wildman–Crippen MR) is 70.4 cm³/mol. The number of carbonyl (C=O) groups excluding carboxylic acids is 1. The topological polar surface area (TPSA) is 125 Å². The lowest BCUT2D eigenvalue weighted by atomic mass is 9.84. The van der Waals surface area contributed by atoms with Gasteiger partial charge in [0.1, 0.15) is 5.69 Å². The summed E-state index contributed by atoms with van der Waals surface area (Å²) in [7, 11) is 0. The Hall–Kier alpha value is -2.38. The molecule has 1 rings (SSSR count). The van der Waals surface area contributed by atoms with Crippen LogP contribution in [0.25, 0.3) is 0 Å². The maximum absolute atomic E-state index is 12.0. The monoisotopic (exact) mass is 283 g/mol. The number of amides is 1. The Balaban J connectivity index is 2.84. The molecule has 8 heteroatoms. The number of rotatable bonds is 5. The average Bonchev–Trinajstić information content (AvgIpc) is 2.75. The fourth-order valence-corrected chi connectivity index (χ4v) is 1.60. The summed E-state index contributed by atoms with van der Waals surface area (Å²) in [5.74, 6) is -1.60. The normalized spacial score (nSPS) is 12.8. The van der Waals surface area contributed by atoms with E-state index in [0.29, 0.717) is 0 Å². The third kappa shape index (κ3) is 4.08. The van der Waals surface area contributed by atoms with E-state index in [0.717, 1.165) is 12.3 Å². The van der Waals surface area contributed by atoms with Gasteiger partial charge in [-0.2, -0.15) is 0 Å². The predicted octanol–water partition coefficient (Wildman–Crippen LogP) is 1.54. The molecule has 1 aromatic heterocycles. The number of H-pyrrole nitrogens is 1. The molecular weight excluding hydrogens is 266 g/mol. The molecule has 1 heterocycles. The Labute approximate surface area is 115 Å². The smallest absolute Gasteiger partial charge is 0.305 e. The van der Waals surface area contributed by atoms with E-state index in [-0.39, 0.29) is 17.8 Å². The van der Waals surface area contributed by atoms with Crippen molar-refractivity contribution in [2.75, 3.05) is 0 Å². The standard InChI is InChI=1S/C12H17N3O5/c1-12(2,3)9(5-10(16)17)14-11(18)8-4-7(6-13-8)15(19)20/h4,6,9,13H,5H2,1-3H3,(H,14,18)(H,16,17). The van der Waals surface area contributed by atoms with Crippen molar-refractivity contribution in [2.45, 2.75) is 33.2 Å². The minimum Gasteiger partial charge on any atom is -0.481 e. The van der Waals surface area contributed by atoms with Crippen molar-refractivity contribution in [1.29, 1.82) is 0 Å². The number of nitrogens with one attached hydrogen (secondary N) is 2. The Morgan fingerprint density at radius 2 is 2.10 bits per heavy atom. The number of carboxylic acids is 1. The van der Waals surface area contributed by atoms with E-state index in [2.05, 4.69) is 10.3 Å². The summed E-state index contributed by atoms with van der Waals surface area (Å²) in [6, 6.07) is 0.519. The first kappa shape index (κ1) is 15.7. The van der Waals surface area contributed by atoms with Crippen molar-refractivity contribution in [2.24, 2.45) is 5.41 Å². The highest BCUT2D eigenvalue weighted by atomic mass is 16.6. The molecule has 20 heavy (non-hydrogen) atoms. The van der Waals surface area contributed by atoms with Crippen LogP contribution in [-0.2, 0) is 4.79 Å². The third-order valence-corrected chi connectivity index (χ3v) is 2.85. The van der Waals surface area contributed by atoms with Crippen LogP contribution in [0, 0.1) is 15.5 Å². The molecule has 8 nitrogen and oxygen atoms in total. The molecule has 110 valence electrons. The lowest BCUT2D eigenvalue weighted by Crippen LogP contribution is -2.45. The van der Waals surface area contributed by atoms with E-state index >= 15 is 0 Å². The summed E-state index contributed by atoms with van der Waals surface area (Å²) in [6.45, 7) is 5.41. The number of aromatic nitrogens is 1. The SMILES string of the molecule is CC(C)(C)C(CC(=O)O)NC(=O)c1cc([N+](=O)[O-])c[nH]1. The second-order valence-electron chi connectivity index (χ2n) is 5.52. The molecule has 0 bridgehead atoms. The highest BCUT2D eigenvalue weighted by molar-refractivity contribution is 5.93. The molecular formula is C12H17N3O5. The van der Waals surface area contributed by atoms with Crippen LogP contribution in [0.1, 0.15) is 37.7 Å². The Morgan fingerprint density at radius 3 is 2.50 bits per heavy atom. The molecule has 0 aliphatic rings. The van der Waals surface area contributed by atoms with Gasteiger partial charge in [-0.15, -0.1) is 0 Å². The van der Waals surface area contributed by atoms with Crippen molar-refractivity contribution in [1.82, 2.24) is 10.3 Å². The van der Waals surface area contributed by atoms with Gasteiger partial charge in [0.2, 0.25) is 0 Å². The molecule has 1 aromatic rings. The molecule has 0 aliphatic heterocycles. The van der Waals surface area contributed by atoms with E-state index < -0.39 is 28.3 Å². The fraction of sp³-hybridized carbons (Fsp3) is 0.500. The van der Waals surface area contributed by atoms with Crippen LogP contribution in [0.15, 0.2) is 12.3 Å². The summed E-state index contributed by atoms with van der Waals surface area (Å²) < 4.78 is 0. The van der Waals surface area contributed by atoms with Crippen LogP contribution in [-0.4, -0.2) is 32.9 Å². The molecule has 3 N–H and O–H groups in total. The van der Waals surface area contributed by atoms with Crippen molar-refractivity contribution in [3.8, 4) is 0 Å². The van der Waals surface area contributed by atoms with Crippen LogP contribution in [0.4, 0.5) is 5.69 Å². The number of carboxylic acid groups (broad SMARTS) is 1. The van der Waals surface area contributed by atoms with Gasteiger partial charge in [-0.05, 0) is 5.41 Å². The van der Waals surface area contributed by atoms with Crippen molar-refractivity contribution >= 4 is 17.6 Å². The lowest BCUT2D eigenvalue weighted by molar-refractivity contribution is -0.384. The average molecular weight is 283 g/mol. The van der Waals surface area contributed by atoms with E-state index in [1.165, 1.54) is 0 Å². The zero-order chi connectivity index (χ0) is 15.5. The van der Waals surface area contributed by atoms with Gasteiger partial charge in [0.25, 0.3) is 11.6 Å². The summed E-state index contributed by atoms with van der Waals surface area (Å²) >= 11 is 0. The zero-order valence-electron chi connectivity index (χ0n) is 11.5.